The fraction of sp³-hybridized carbons (Fsp3) is 0.235. The van der Waals surface area contributed by atoms with Gasteiger partial charge in [0.1, 0.15) is 11.6 Å². The van der Waals surface area contributed by atoms with Crippen molar-refractivity contribution >= 4 is 11.6 Å². The van der Waals surface area contributed by atoms with E-state index in [0.29, 0.717) is 18.8 Å². The van der Waals surface area contributed by atoms with E-state index in [1.54, 1.807) is 13.1 Å². The number of hydrogen-bond acceptors (Lipinski definition) is 3. The van der Waals surface area contributed by atoms with Gasteiger partial charge in [-0.05, 0) is 29.8 Å². The number of para-hydroxylation sites is 2. The van der Waals surface area contributed by atoms with Crippen LogP contribution in [0.1, 0.15) is 5.56 Å². The standard InChI is InChI=1S/C17H17FN2O2/c1-19-17(21)16-11-20(10-12-5-4-6-13(18)9-12)14-7-2-3-8-15(14)22-16/h2-9,16H,10-11H2,1H3,(H,19,21)/t16-/m0/s1. The average molecular weight is 300 g/mol. The van der Waals surface area contributed by atoms with Crippen molar-refractivity contribution in [2.24, 2.45) is 0 Å². The summed E-state index contributed by atoms with van der Waals surface area (Å²) in [4.78, 5) is 13.9. The van der Waals surface area contributed by atoms with E-state index in [0.717, 1.165) is 11.3 Å². The van der Waals surface area contributed by atoms with E-state index in [4.69, 9.17) is 4.74 Å². The van der Waals surface area contributed by atoms with Gasteiger partial charge in [0.05, 0.1) is 12.2 Å². The molecule has 1 heterocycles. The molecule has 0 spiro atoms. The summed E-state index contributed by atoms with van der Waals surface area (Å²) in [6, 6.07) is 14.0. The Bertz CT molecular complexity index is 690. The van der Waals surface area contributed by atoms with E-state index in [2.05, 4.69) is 5.32 Å². The summed E-state index contributed by atoms with van der Waals surface area (Å²) < 4.78 is 19.1. The van der Waals surface area contributed by atoms with Crippen LogP contribution in [0, 0.1) is 5.82 Å². The first-order valence-electron chi connectivity index (χ1n) is 7.14. The lowest BCUT2D eigenvalue weighted by Crippen LogP contribution is -2.47. The molecular weight excluding hydrogens is 283 g/mol. The summed E-state index contributed by atoms with van der Waals surface area (Å²) in [5, 5.41) is 2.61. The maximum Gasteiger partial charge on any atom is 0.262 e. The summed E-state index contributed by atoms with van der Waals surface area (Å²) in [6.07, 6.45) is -0.576. The second kappa shape index (κ2) is 6.05. The van der Waals surface area contributed by atoms with Gasteiger partial charge in [0.15, 0.2) is 6.10 Å². The molecule has 0 aliphatic carbocycles. The summed E-state index contributed by atoms with van der Waals surface area (Å²) in [7, 11) is 1.59. The van der Waals surface area contributed by atoms with Crippen LogP contribution in [-0.2, 0) is 11.3 Å². The number of fused-ring (bicyclic) bond motifs is 1. The number of nitrogens with one attached hydrogen (secondary N) is 1. The summed E-state index contributed by atoms with van der Waals surface area (Å²) in [5.41, 5.74) is 1.76. The third-order valence-corrected chi connectivity index (χ3v) is 3.66. The minimum Gasteiger partial charge on any atom is -0.477 e. The van der Waals surface area contributed by atoms with Gasteiger partial charge in [-0.2, -0.15) is 0 Å². The van der Waals surface area contributed by atoms with E-state index in [-0.39, 0.29) is 11.7 Å². The molecule has 0 fully saturated rings. The van der Waals surface area contributed by atoms with Gasteiger partial charge in [-0.3, -0.25) is 4.79 Å². The molecule has 0 aromatic heterocycles. The molecule has 1 atom stereocenters. The zero-order valence-electron chi connectivity index (χ0n) is 12.3. The molecule has 2 aromatic carbocycles. The van der Waals surface area contributed by atoms with Crippen LogP contribution >= 0.6 is 0 Å². The maximum absolute atomic E-state index is 13.4. The molecule has 1 aliphatic rings. The van der Waals surface area contributed by atoms with Crippen LogP contribution in [0.3, 0.4) is 0 Å². The van der Waals surface area contributed by atoms with Crippen LogP contribution in [0.15, 0.2) is 48.5 Å². The Hall–Kier alpha value is -2.56. The summed E-state index contributed by atoms with van der Waals surface area (Å²) in [5.74, 6) is 0.236. The third-order valence-electron chi connectivity index (χ3n) is 3.66. The number of nitrogens with zero attached hydrogens (tertiary/aromatic N) is 1. The van der Waals surface area contributed by atoms with Crippen molar-refractivity contribution < 1.29 is 13.9 Å². The monoisotopic (exact) mass is 300 g/mol. The highest BCUT2D eigenvalue weighted by Gasteiger charge is 2.29. The van der Waals surface area contributed by atoms with Crippen molar-refractivity contribution in [1.29, 1.82) is 0 Å². The molecule has 0 radical (unpaired) electrons. The first-order chi connectivity index (χ1) is 10.7. The highest BCUT2D eigenvalue weighted by Crippen LogP contribution is 2.34. The van der Waals surface area contributed by atoms with E-state index in [9.17, 15) is 9.18 Å². The number of carbonyl (C=O) groups is 1. The van der Waals surface area contributed by atoms with E-state index in [1.807, 2.05) is 35.2 Å². The molecule has 0 unspecified atom stereocenters. The average Bonchev–Trinajstić information content (AvgIpc) is 2.54. The van der Waals surface area contributed by atoms with Gasteiger partial charge in [0.25, 0.3) is 5.91 Å². The van der Waals surface area contributed by atoms with Gasteiger partial charge in [0.2, 0.25) is 0 Å². The van der Waals surface area contributed by atoms with Gasteiger partial charge in [-0.15, -0.1) is 0 Å². The first-order valence-corrected chi connectivity index (χ1v) is 7.14. The molecule has 114 valence electrons. The van der Waals surface area contributed by atoms with Crippen LogP contribution in [0.5, 0.6) is 5.75 Å². The molecule has 1 N–H and O–H groups in total. The Morgan fingerprint density at radius 3 is 2.91 bits per heavy atom. The smallest absolute Gasteiger partial charge is 0.262 e. The van der Waals surface area contributed by atoms with Crippen molar-refractivity contribution in [2.75, 3.05) is 18.5 Å². The zero-order chi connectivity index (χ0) is 15.5. The van der Waals surface area contributed by atoms with Crippen LogP contribution in [0.2, 0.25) is 0 Å². The Labute approximate surface area is 128 Å². The maximum atomic E-state index is 13.4. The van der Waals surface area contributed by atoms with Crippen LogP contribution in [0.4, 0.5) is 10.1 Å². The molecule has 2 aromatic rings. The lowest BCUT2D eigenvalue weighted by molar-refractivity contribution is -0.127. The highest BCUT2D eigenvalue weighted by atomic mass is 19.1. The number of hydrogen-bond donors (Lipinski definition) is 1. The van der Waals surface area contributed by atoms with Crippen molar-refractivity contribution in [2.45, 2.75) is 12.6 Å². The van der Waals surface area contributed by atoms with Gasteiger partial charge < -0.3 is 15.0 Å². The lowest BCUT2D eigenvalue weighted by atomic mass is 10.1. The molecule has 22 heavy (non-hydrogen) atoms. The zero-order valence-corrected chi connectivity index (χ0v) is 12.3. The first kappa shape index (κ1) is 14.4. The molecule has 1 aliphatic heterocycles. The molecule has 5 heteroatoms. The van der Waals surface area contributed by atoms with Gasteiger partial charge in [-0.1, -0.05) is 24.3 Å². The largest absolute Gasteiger partial charge is 0.477 e. The Kier molecular flexibility index (Phi) is 3.96. The lowest BCUT2D eigenvalue weighted by Gasteiger charge is -2.35. The molecule has 0 bridgehead atoms. The molecule has 1 amide bonds. The normalized spacial score (nSPS) is 16.6. The fourth-order valence-corrected chi connectivity index (χ4v) is 2.61. The quantitative estimate of drug-likeness (QED) is 0.946. The fourth-order valence-electron chi connectivity index (χ4n) is 2.61. The van der Waals surface area contributed by atoms with Crippen molar-refractivity contribution in [3.63, 3.8) is 0 Å². The van der Waals surface area contributed by atoms with E-state index >= 15 is 0 Å². The SMILES string of the molecule is CNC(=O)[C@@H]1CN(Cc2cccc(F)c2)c2ccccc2O1. The number of benzene rings is 2. The molecular formula is C17H17FN2O2. The number of rotatable bonds is 3. The number of carbonyl (C=O) groups excluding carboxylic acids is 1. The van der Waals surface area contributed by atoms with Gasteiger partial charge >= 0.3 is 0 Å². The summed E-state index contributed by atoms with van der Waals surface area (Å²) in [6.45, 7) is 0.943. The number of halogens is 1. The Balaban J connectivity index is 1.89. The van der Waals surface area contributed by atoms with Crippen LogP contribution < -0.4 is 15.0 Å². The molecule has 0 saturated carbocycles. The number of ether oxygens (including phenoxy) is 1. The highest BCUT2D eigenvalue weighted by molar-refractivity contribution is 5.83. The number of anilines is 1. The number of amides is 1. The van der Waals surface area contributed by atoms with Crippen LogP contribution in [-0.4, -0.2) is 25.6 Å². The van der Waals surface area contributed by atoms with Gasteiger partial charge in [0, 0.05) is 13.6 Å². The topological polar surface area (TPSA) is 41.6 Å². The van der Waals surface area contributed by atoms with Crippen molar-refractivity contribution in [3.05, 3.63) is 59.9 Å². The van der Waals surface area contributed by atoms with Crippen LogP contribution in [0.25, 0.3) is 0 Å². The second-order valence-electron chi connectivity index (χ2n) is 5.20. The van der Waals surface area contributed by atoms with E-state index < -0.39 is 6.10 Å². The minimum absolute atomic E-state index is 0.168. The second-order valence-corrected chi connectivity index (χ2v) is 5.20. The third kappa shape index (κ3) is 2.88. The predicted octanol–water partition coefficient (Wildman–Crippen LogP) is 2.34. The van der Waals surface area contributed by atoms with Crippen molar-refractivity contribution in [1.82, 2.24) is 5.32 Å². The Morgan fingerprint density at radius 1 is 1.32 bits per heavy atom. The molecule has 0 saturated heterocycles. The molecule has 4 nitrogen and oxygen atoms in total. The van der Waals surface area contributed by atoms with Crippen molar-refractivity contribution in [3.8, 4) is 5.75 Å². The molecule has 3 rings (SSSR count). The minimum atomic E-state index is -0.576. The Morgan fingerprint density at radius 2 is 2.14 bits per heavy atom. The van der Waals surface area contributed by atoms with Gasteiger partial charge in [-0.25, -0.2) is 4.39 Å². The predicted molar refractivity (Wildman–Crippen MR) is 82.4 cm³/mol. The summed E-state index contributed by atoms with van der Waals surface area (Å²) >= 11 is 0. The van der Waals surface area contributed by atoms with E-state index in [1.165, 1.54) is 12.1 Å². The number of likely N-dealkylation sites (N-methyl/N-ethyl adjacent to an activating group) is 1.